The van der Waals surface area contributed by atoms with Crippen LogP contribution in [-0.4, -0.2) is 6.61 Å². The number of benzene rings is 1. The second kappa shape index (κ2) is 3.32. The minimum absolute atomic E-state index is 0.160. The first-order chi connectivity index (χ1) is 5.24. The zero-order valence-electron chi connectivity index (χ0n) is 6.03. The van der Waals surface area contributed by atoms with Crippen molar-refractivity contribution in [3.8, 4) is 5.75 Å². The molecular formula is C8H7F2O. The van der Waals surface area contributed by atoms with Crippen molar-refractivity contribution in [3.05, 3.63) is 29.8 Å². The maximum Gasteiger partial charge on any atom is 0.165 e. The predicted octanol–water partition coefficient (Wildman–Crippen LogP) is 2.16. The summed E-state index contributed by atoms with van der Waals surface area (Å²) in [5, 5.41) is 0. The summed E-state index contributed by atoms with van der Waals surface area (Å²) in [6.45, 7) is 2.00. The molecule has 0 bridgehead atoms. The zero-order valence-corrected chi connectivity index (χ0v) is 6.03. The topological polar surface area (TPSA) is 9.23 Å². The Kier molecular flexibility index (Phi) is 2.41. The first kappa shape index (κ1) is 7.98. The largest absolute Gasteiger partial charge is 0.490 e. The second-order valence-electron chi connectivity index (χ2n) is 1.92. The zero-order chi connectivity index (χ0) is 8.27. The SMILES string of the molecule is CCOc1[c]c(F)ccc1F. The van der Waals surface area contributed by atoms with E-state index in [2.05, 4.69) is 6.07 Å². The van der Waals surface area contributed by atoms with Gasteiger partial charge in [0, 0.05) is 0 Å². The van der Waals surface area contributed by atoms with E-state index in [1.54, 1.807) is 6.92 Å². The average Bonchev–Trinajstić information content (AvgIpc) is 1.98. The van der Waals surface area contributed by atoms with Crippen LogP contribution in [0.5, 0.6) is 5.75 Å². The number of hydrogen-bond acceptors (Lipinski definition) is 1. The Hall–Kier alpha value is -1.12. The van der Waals surface area contributed by atoms with Crippen molar-refractivity contribution in [3.63, 3.8) is 0 Å². The second-order valence-corrected chi connectivity index (χ2v) is 1.92. The van der Waals surface area contributed by atoms with Crippen LogP contribution in [0.3, 0.4) is 0 Å². The molecule has 0 amide bonds. The Morgan fingerprint density at radius 3 is 2.82 bits per heavy atom. The van der Waals surface area contributed by atoms with Gasteiger partial charge in [0.15, 0.2) is 11.6 Å². The van der Waals surface area contributed by atoms with Crippen LogP contribution >= 0.6 is 0 Å². The molecule has 1 aromatic rings. The summed E-state index contributed by atoms with van der Waals surface area (Å²) in [5.74, 6) is -1.37. The Bertz CT molecular complexity index is 248. The third-order valence-electron chi connectivity index (χ3n) is 1.11. The lowest BCUT2D eigenvalue weighted by molar-refractivity contribution is 0.318. The molecule has 0 aliphatic heterocycles. The molecule has 0 heterocycles. The number of rotatable bonds is 2. The molecule has 0 fully saturated rings. The minimum atomic E-state index is -0.616. The Labute approximate surface area is 63.6 Å². The van der Waals surface area contributed by atoms with Gasteiger partial charge in [-0.05, 0) is 19.1 Å². The maximum absolute atomic E-state index is 12.6. The summed E-state index contributed by atoms with van der Waals surface area (Å²) in [5.41, 5.74) is 0. The smallest absolute Gasteiger partial charge is 0.165 e. The summed E-state index contributed by atoms with van der Waals surface area (Å²) in [6.07, 6.45) is 0. The van der Waals surface area contributed by atoms with Gasteiger partial charge in [-0.1, -0.05) is 0 Å². The lowest BCUT2D eigenvalue weighted by Gasteiger charge is -2.02. The highest BCUT2D eigenvalue weighted by atomic mass is 19.1. The number of ether oxygens (including phenoxy) is 1. The molecule has 0 aliphatic rings. The van der Waals surface area contributed by atoms with Crippen molar-refractivity contribution in [1.82, 2.24) is 0 Å². The summed E-state index contributed by atoms with van der Waals surface area (Å²) < 4.78 is 29.7. The van der Waals surface area contributed by atoms with Gasteiger partial charge in [0.25, 0.3) is 0 Å². The van der Waals surface area contributed by atoms with Gasteiger partial charge in [0.05, 0.1) is 12.7 Å². The van der Waals surface area contributed by atoms with E-state index in [4.69, 9.17) is 4.74 Å². The van der Waals surface area contributed by atoms with Crippen molar-refractivity contribution in [2.24, 2.45) is 0 Å². The van der Waals surface area contributed by atoms with Crippen LogP contribution in [0.15, 0.2) is 12.1 Å². The molecule has 0 N–H and O–H groups in total. The summed E-state index contributed by atoms with van der Waals surface area (Å²) in [6, 6.07) is 4.12. The van der Waals surface area contributed by atoms with E-state index < -0.39 is 11.6 Å². The first-order valence-electron chi connectivity index (χ1n) is 3.24. The molecule has 1 nitrogen and oxygen atoms in total. The molecule has 3 heteroatoms. The van der Waals surface area contributed by atoms with Gasteiger partial charge in [-0.25, -0.2) is 8.78 Å². The fourth-order valence-corrected chi connectivity index (χ4v) is 0.681. The van der Waals surface area contributed by atoms with E-state index >= 15 is 0 Å². The molecule has 59 valence electrons. The van der Waals surface area contributed by atoms with Crippen LogP contribution in [0.4, 0.5) is 8.78 Å². The third kappa shape index (κ3) is 1.90. The van der Waals surface area contributed by atoms with Crippen LogP contribution in [0.1, 0.15) is 6.92 Å². The van der Waals surface area contributed by atoms with Gasteiger partial charge in [0.2, 0.25) is 0 Å². The Balaban J connectivity index is 2.93. The molecule has 11 heavy (non-hydrogen) atoms. The normalized spacial score (nSPS) is 9.73. The molecule has 0 aromatic heterocycles. The summed E-state index contributed by atoms with van der Waals surface area (Å²) in [4.78, 5) is 0. The van der Waals surface area contributed by atoms with E-state index in [0.717, 1.165) is 12.1 Å². The fraction of sp³-hybridized carbons (Fsp3) is 0.250. The molecule has 1 aromatic carbocycles. The van der Waals surface area contributed by atoms with Gasteiger partial charge in [0.1, 0.15) is 5.82 Å². The van der Waals surface area contributed by atoms with Crippen LogP contribution in [0, 0.1) is 17.7 Å². The molecule has 1 radical (unpaired) electrons. The number of halogens is 2. The molecule has 0 spiro atoms. The average molecular weight is 157 g/mol. The van der Waals surface area contributed by atoms with Crippen LogP contribution in [-0.2, 0) is 0 Å². The Morgan fingerprint density at radius 1 is 1.45 bits per heavy atom. The molecule has 1 rings (SSSR count). The fourth-order valence-electron chi connectivity index (χ4n) is 0.681. The van der Waals surface area contributed by atoms with Gasteiger partial charge in [-0.2, -0.15) is 0 Å². The maximum atomic E-state index is 12.6. The van der Waals surface area contributed by atoms with E-state index in [1.807, 2.05) is 0 Å². The molecule has 0 saturated heterocycles. The quantitative estimate of drug-likeness (QED) is 0.639. The monoisotopic (exact) mass is 157 g/mol. The third-order valence-corrected chi connectivity index (χ3v) is 1.11. The van der Waals surface area contributed by atoms with E-state index in [9.17, 15) is 8.78 Å². The van der Waals surface area contributed by atoms with Gasteiger partial charge in [-0.3, -0.25) is 0 Å². The highest BCUT2D eigenvalue weighted by Crippen LogP contribution is 2.16. The highest BCUT2D eigenvalue weighted by Gasteiger charge is 2.03. The lowest BCUT2D eigenvalue weighted by Crippen LogP contribution is -1.95. The van der Waals surface area contributed by atoms with E-state index in [0.29, 0.717) is 6.61 Å². The lowest BCUT2D eigenvalue weighted by atomic mass is 10.3. The van der Waals surface area contributed by atoms with Crippen LogP contribution < -0.4 is 4.74 Å². The first-order valence-corrected chi connectivity index (χ1v) is 3.24. The van der Waals surface area contributed by atoms with Gasteiger partial charge < -0.3 is 4.74 Å². The molecule has 0 atom stereocenters. The molecule has 0 unspecified atom stereocenters. The summed E-state index contributed by atoms with van der Waals surface area (Å²) >= 11 is 0. The van der Waals surface area contributed by atoms with Gasteiger partial charge in [-0.15, -0.1) is 0 Å². The van der Waals surface area contributed by atoms with Crippen LogP contribution in [0.25, 0.3) is 0 Å². The minimum Gasteiger partial charge on any atom is -0.490 e. The standard InChI is InChI=1S/C8H7F2O/c1-2-11-8-5-6(9)3-4-7(8)10/h3-4H,2H2,1H3. The van der Waals surface area contributed by atoms with Crippen molar-refractivity contribution in [1.29, 1.82) is 0 Å². The van der Waals surface area contributed by atoms with Crippen molar-refractivity contribution in [2.45, 2.75) is 6.92 Å². The Morgan fingerprint density at radius 2 is 2.18 bits per heavy atom. The van der Waals surface area contributed by atoms with Crippen LogP contribution in [0.2, 0.25) is 0 Å². The summed E-state index contributed by atoms with van der Waals surface area (Å²) in [7, 11) is 0. The van der Waals surface area contributed by atoms with E-state index in [-0.39, 0.29) is 5.75 Å². The molecule has 0 saturated carbocycles. The van der Waals surface area contributed by atoms with Gasteiger partial charge >= 0.3 is 0 Å². The van der Waals surface area contributed by atoms with Crippen molar-refractivity contribution >= 4 is 0 Å². The van der Waals surface area contributed by atoms with E-state index in [1.165, 1.54) is 0 Å². The number of hydrogen-bond donors (Lipinski definition) is 0. The molecule has 0 aliphatic carbocycles. The predicted molar refractivity (Wildman–Crippen MR) is 36.4 cm³/mol. The highest BCUT2D eigenvalue weighted by molar-refractivity contribution is 5.23. The van der Waals surface area contributed by atoms with Crippen molar-refractivity contribution < 1.29 is 13.5 Å². The molecular weight excluding hydrogens is 150 g/mol. The van der Waals surface area contributed by atoms with Crippen molar-refractivity contribution in [2.75, 3.05) is 6.61 Å².